The highest BCUT2D eigenvalue weighted by Crippen LogP contribution is 2.23. The van der Waals surface area contributed by atoms with Crippen LogP contribution in [0.1, 0.15) is 37.0 Å². The third kappa shape index (κ3) is 4.47. The first-order valence-electron chi connectivity index (χ1n) is 6.90. The minimum absolute atomic E-state index is 0.327. The van der Waals surface area contributed by atoms with Gasteiger partial charge in [-0.15, -0.1) is 0 Å². The van der Waals surface area contributed by atoms with E-state index in [-0.39, 0.29) is 0 Å². The lowest BCUT2D eigenvalue weighted by atomic mass is 9.93. The van der Waals surface area contributed by atoms with E-state index < -0.39 is 37.1 Å². The van der Waals surface area contributed by atoms with Crippen molar-refractivity contribution < 1.29 is 30.6 Å². The van der Waals surface area contributed by atoms with E-state index in [4.69, 9.17) is 5.11 Å². The molecule has 1 aromatic carbocycles. The summed E-state index contributed by atoms with van der Waals surface area (Å²) in [6.07, 6.45) is -8.24. The summed E-state index contributed by atoms with van der Waals surface area (Å²) >= 11 is 0. The summed E-state index contributed by atoms with van der Waals surface area (Å²) in [5, 5.41) is 57.1. The summed E-state index contributed by atoms with van der Waals surface area (Å²) in [5.41, 5.74) is 1.45. The van der Waals surface area contributed by atoms with E-state index in [1.807, 2.05) is 13.8 Å². The van der Waals surface area contributed by atoms with Gasteiger partial charge in [0, 0.05) is 0 Å². The van der Waals surface area contributed by atoms with Gasteiger partial charge in [-0.1, -0.05) is 38.1 Å². The number of aliphatic hydroxyl groups excluding tert-OH is 6. The van der Waals surface area contributed by atoms with E-state index >= 15 is 0 Å². The first kappa shape index (κ1) is 18.0. The predicted molar refractivity (Wildman–Crippen MR) is 76.6 cm³/mol. The van der Waals surface area contributed by atoms with Crippen LogP contribution in [0.4, 0.5) is 0 Å². The highest BCUT2D eigenvalue weighted by molar-refractivity contribution is 5.26. The fraction of sp³-hybridized carbons (Fsp3) is 0.600. The molecule has 5 unspecified atom stereocenters. The molecule has 120 valence electrons. The number of rotatable bonds is 7. The molecule has 5 atom stereocenters. The van der Waals surface area contributed by atoms with Crippen LogP contribution in [0.25, 0.3) is 0 Å². The molecule has 1 aromatic rings. The highest BCUT2D eigenvalue weighted by Gasteiger charge is 2.34. The zero-order valence-corrected chi connectivity index (χ0v) is 12.2. The van der Waals surface area contributed by atoms with E-state index in [0.717, 1.165) is 5.56 Å². The molecule has 0 bridgehead atoms. The maximum Gasteiger partial charge on any atom is 0.113 e. The van der Waals surface area contributed by atoms with E-state index in [0.29, 0.717) is 11.5 Å². The molecule has 0 fully saturated rings. The Labute approximate surface area is 123 Å². The second-order valence-electron chi connectivity index (χ2n) is 5.49. The fourth-order valence-electron chi connectivity index (χ4n) is 2.00. The smallest absolute Gasteiger partial charge is 0.113 e. The van der Waals surface area contributed by atoms with Crippen molar-refractivity contribution in [2.75, 3.05) is 6.61 Å². The van der Waals surface area contributed by atoms with Gasteiger partial charge >= 0.3 is 0 Å². The molecule has 0 saturated carbocycles. The third-order valence-corrected chi connectivity index (χ3v) is 3.55. The van der Waals surface area contributed by atoms with Gasteiger partial charge in [0.2, 0.25) is 0 Å². The summed E-state index contributed by atoms with van der Waals surface area (Å²) in [6, 6.07) is 6.87. The molecule has 0 radical (unpaired) electrons. The molecule has 0 amide bonds. The van der Waals surface area contributed by atoms with Gasteiger partial charge in [-0.2, -0.15) is 0 Å². The maximum absolute atomic E-state index is 10.0. The van der Waals surface area contributed by atoms with Crippen molar-refractivity contribution in [1.82, 2.24) is 0 Å². The van der Waals surface area contributed by atoms with Gasteiger partial charge in [-0.3, -0.25) is 0 Å². The normalized spacial score (nSPS) is 19.1. The summed E-state index contributed by atoms with van der Waals surface area (Å²) < 4.78 is 0. The minimum Gasteiger partial charge on any atom is -0.394 e. The number of benzene rings is 1. The van der Waals surface area contributed by atoms with Crippen LogP contribution in [0.3, 0.4) is 0 Å². The van der Waals surface area contributed by atoms with Crippen molar-refractivity contribution in [1.29, 1.82) is 0 Å². The second kappa shape index (κ2) is 7.84. The van der Waals surface area contributed by atoms with Crippen LogP contribution in [0, 0.1) is 0 Å². The molecule has 0 aliphatic rings. The monoisotopic (exact) mass is 300 g/mol. The van der Waals surface area contributed by atoms with Gasteiger partial charge in [0.25, 0.3) is 0 Å². The zero-order valence-electron chi connectivity index (χ0n) is 12.2. The Bertz CT molecular complexity index is 419. The van der Waals surface area contributed by atoms with Crippen LogP contribution in [-0.4, -0.2) is 61.7 Å². The van der Waals surface area contributed by atoms with Gasteiger partial charge in [0.1, 0.15) is 30.5 Å². The highest BCUT2D eigenvalue weighted by atomic mass is 16.4. The van der Waals surface area contributed by atoms with Crippen LogP contribution in [-0.2, 0) is 0 Å². The summed E-state index contributed by atoms with van der Waals surface area (Å²) in [4.78, 5) is 0. The van der Waals surface area contributed by atoms with Crippen molar-refractivity contribution in [2.45, 2.75) is 50.3 Å². The van der Waals surface area contributed by atoms with Crippen LogP contribution in [0.2, 0.25) is 0 Å². The Balaban J connectivity index is 2.79. The topological polar surface area (TPSA) is 121 Å². The molecule has 6 N–H and O–H groups in total. The van der Waals surface area contributed by atoms with E-state index in [1.54, 1.807) is 24.3 Å². The Morgan fingerprint density at radius 1 is 0.762 bits per heavy atom. The molecule has 6 nitrogen and oxygen atoms in total. The summed E-state index contributed by atoms with van der Waals surface area (Å²) in [6.45, 7) is 3.29. The zero-order chi connectivity index (χ0) is 16.2. The average Bonchev–Trinajstić information content (AvgIpc) is 2.51. The van der Waals surface area contributed by atoms with Crippen LogP contribution in [0.15, 0.2) is 24.3 Å². The first-order valence-corrected chi connectivity index (χ1v) is 6.90. The molecule has 6 heteroatoms. The Morgan fingerprint density at radius 3 is 1.67 bits per heavy atom. The van der Waals surface area contributed by atoms with Crippen molar-refractivity contribution in [3.05, 3.63) is 35.4 Å². The summed E-state index contributed by atoms with van der Waals surface area (Å²) in [7, 11) is 0. The van der Waals surface area contributed by atoms with E-state index in [1.165, 1.54) is 0 Å². The quantitative estimate of drug-likeness (QED) is 0.395. The Morgan fingerprint density at radius 2 is 1.24 bits per heavy atom. The minimum atomic E-state index is -1.79. The van der Waals surface area contributed by atoms with Crippen molar-refractivity contribution >= 4 is 0 Å². The molecular formula is C15H24O6. The number of hydrogen-bond donors (Lipinski definition) is 6. The molecule has 0 saturated heterocycles. The standard InChI is InChI=1S/C15H24O6/c1-8(2)9-3-5-10(6-4-9)12(18)14(20)15(21)13(19)11(17)7-16/h3-6,8,11-21H,7H2,1-2H3. The summed E-state index contributed by atoms with van der Waals surface area (Å²) in [5.74, 6) is 0.327. The molecule has 0 aromatic heterocycles. The van der Waals surface area contributed by atoms with Crippen molar-refractivity contribution in [3.8, 4) is 0 Å². The van der Waals surface area contributed by atoms with Crippen LogP contribution in [0.5, 0.6) is 0 Å². The van der Waals surface area contributed by atoms with Gasteiger partial charge in [-0.25, -0.2) is 0 Å². The molecule has 0 spiro atoms. The van der Waals surface area contributed by atoms with Gasteiger partial charge in [0.15, 0.2) is 0 Å². The lowest BCUT2D eigenvalue weighted by Crippen LogP contribution is -2.47. The molecule has 0 aliphatic heterocycles. The number of aliphatic hydroxyl groups is 6. The second-order valence-corrected chi connectivity index (χ2v) is 5.49. The lowest BCUT2D eigenvalue weighted by molar-refractivity contribution is -0.141. The van der Waals surface area contributed by atoms with Crippen LogP contribution >= 0.6 is 0 Å². The third-order valence-electron chi connectivity index (χ3n) is 3.55. The lowest BCUT2D eigenvalue weighted by Gasteiger charge is -2.28. The van der Waals surface area contributed by atoms with Gasteiger partial charge in [0.05, 0.1) is 6.61 Å². The Hall–Kier alpha value is -1.02. The fourth-order valence-corrected chi connectivity index (χ4v) is 2.00. The van der Waals surface area contributed by atoms with Crippen molar-refractivity contribution in [2.24, 2.45) is 0 Å². The first-order chi connectivity index (χ1) is 9.79. The maximum atomic E-state index is 10.0. The van der Waals surface area contributed by atoms with Crippen LogP contribution < -0.4 is 0 Å². The van der Waals surface area contributed by atoms with Gasteiger partial charge in [-0.05, 0) is 17.0 Å². The molecular weight excluding hydrogens is 276 g/mol. The SMILES string of the molecule is CC(C)c1ccc(C(O)C(O)C(O)C(O)C(O)CO)cc1. The molecule has 0 aliphatic carbocycles. The molecule has 0 heterocycles. The van der Waals surface area contributed by atoms with E-state index in [2.05, 4.69) is 0 Å². The van der Waals surface area contributed by atoms with E-state index in [9.17, 15) is 25.5 Å². The molecule has 21 heavy (non-hydrogen) atoms. The number of hydrogen-bond acceptors (Lipinski definition) is 6. The molecule has 1 rings (SSSR count). The largest absolute Gasteiger partial charge is 0.394 e. The predicted octanol–water partition coefficient (Wildman–Crippen LogP) is -0.721. The van der Waals surface area contributed by atoms with Gasteiger partial charge < -0.3 is 30.6 Å². The average molecular weight is 300 g/mol. The Kier molecular flexibility index (Phi) is 6.73. The van der Waals surface area contributed by atoms with Crippen molar-refractivity contribution in [3.63, 3.8) is 0 Å².